The summed E-state index contributed by atoms with van der Waals surface area (Å²) in [7, 11) is 0. The third-order valence-corrected chi connectivity index (χ3v) is 5.33. The van der Waals surface area contributed by atoms with Crippen LogP contribution >= 0.6 is 0 Å². The van der Waals surface area contributed by atoms with Crippen molar-refractivity contribution in [1.29, 1.82) is 0 Å². The Hall–Kier alpha value is -3.54. The monoisotopic (exact) mass is 372 g/mol. The molecule has 0 saturated heterocycles. The van der Waals surface area contributed by atoms with Crippen LogP contribution in [0.4, 0.5) is 0 Å². The number of para-hydroxylation sites is 1. The number of rotatable bonds is 3. The lowest BCUT2D eigenvalue weighted by molar-refractivity contribution is 0.0229. The molecule has 28 heavy (non-hydrogen) atoms. The fraction of sp³-hybridized carbons (Fsp3) is 0.182. The van der Waals surface area contributed by atoms with Crippen LogP contribution in [0.3, 0.4) is 0 Å². The highest BCUT2D eigenvalue weighted by molar-refractivity contribution is 6.21. The van der Waals surface area contributed by atoms with Crippen LogP contribution in [0.15, 0.2) is 48.5 Å². The lowest BCUT2D eigenvalue weighted by Gasteiger charge is -2.16. The van der Waals surface area contributed by atoms with Gasteiger partial charge in [0, 0.05) is 11.1 Å². The minimum Gasteiger partial charge on any atom is -0.440 e. The van der Waals surface area contributed by atoms with Crippen LogP contribution in [0, 0.1) is 0 Å². The second-order valence-electron chi connectivity index (χ2n) is 6.93. The van der Waals surface area contributed by atoms with Crippen LogP contribution < -0.4 is 0 Å². The van der Waals surface area contributed by atoms with Crippen molar-refractivity contribution >= 4 is 28.7 Å². The van der Waals surface area contributed by atoms with E-state index >= 15 is 0 Å². The van der Waals surface area contributed by atoms with Crippen molar-refractivity contribution in [3.05, 3.63) is 76.5 Å². The molecule has 6 heteroatoms. The zero-order valence-electron chi connectivity index (χ0n) is 15.0. The van der Waals surface area contributed by atoms with Gasteiger partial charge >= 0.3 is 5.97 Å². The van der Waals surface area contributed by atoms with E-state index in [4.69, 9.17) is 4.74 Å². The molecule has 3 aromatic rings. The topological polar surface area (TPSA) is 76.6 Å². The molecule has 5 rings (SSSR count). The average molecular weight is 372 g/mol. The first-order chi connectivity index (χ1) is 13.6. The number of hydrogen-bond donors (Lipinski definition) is 0. The SMILES string of the molecule is O=C(OCN1C(=O)c2ccccc2C1=O)c1c2c(nc3ccccc13)CCC2. The highest BCUT2D eigenvalue weighted by atomic mass is 16.5. The number of benzene rings is 2. The smallest absolute Gasteiger partial charge is 0.340 e. The Labute approximate surface area is 160 Å². The number of aryl methyl sites for hydroxylation is 1. The molecule has 0 bridgehead atoms. The zero-order valence-corrected chi connectivity index (χ0v) is 15.0. The lowest BCUT2D eigenvalue weighted by atomic mass is 10.0. The van der Waals surface area contributed by atoms with Crippen molar-refractivity contribution in [1.82, 2.24) is 9.88 Å². The van der Waals surface area contributed by atoms with Crippen molar-refractivity contribution in [2.45, 2.75) is 19.3 Å². The number of aromatic nitrogens is 1. The molecule has 1 aliphatic carbocycles. The maximum absolute atomic E-state index is 13.0. The maximum Gasteiger partial charge on any atom is 0.340 e. The summed E-state index contributed by atoms with van der Waals surface area (Å²) in [6.07, 6.45) is 2.54. The Kier molecular flexibility index (Phi) is 3.72. The first kappa shape index (κ1) is 16.6. The second-order valence-corrected chi connectivity index (χ2v) is 6.93. The summed E-state index contributed by atoms with van der Waals surface area (Å²) in [5.74, 6) is -1.43. The maximum atomic E-state index is 13.0. The second kappa shape index (κ2) is 6.27. The number of hydrogen-bond acceptors (Lipinski definition) is 5. The van der Waals surface area contributed by atoms with Gasteiger partial charge in [-0.15, -0.1) is 0 Å². The summed E-state index contributed by atoms with van der Waals surface area (Å²) >= 11 is 0. The van der Waals surface area contributed by atoms with E-state index in [2.05, 4.69) is 4.98 Å². The highest BCUT2D eigenvalue weighted by Gasteiger charge is 2.36. The Morgan fingerprint density at radius 1 is 0.964 bits per heavy atom. The lowest BCUT2D eigenvalue weighted by Crippen LogP contribution is -2.33. The van der Waals surface area contributed by atoms with Gasteiger partial charge in [0.05, 0.1) is 22.2 Å². The van der Waals surface area contributed by atoms with E-state index in [1.54, 1.807) is 24.3 Å². The van der Waals surface area contributed by atoms with Crippen LogP contribution in [-0.2, 0) is 17.6 Å². The van der Waals surface area contributed by atoms with Crippen LogP contribution in [0.5, 0.6) is 0 Å². The Balaban J connectivity index is 1.45. The molecular weight excluding hydrogens is 356 g/mol. The zero-order chi connectivity index (χ0) is 19.3. The number of fused-ring (bicyclic) bond motifs is 3. The molecule has 2 heterocycles. The van der Waals surface area contributed by atoms with Gasteiger partial charge in [-0.25, -0.2) is 9.69 Å². The van der Waals surface area contributed by atoms with Gasteiger partial charge in [-0.3, -0.25) is 14.6 Å². The summed E-state index contributed by atoms with van der Waals surface area (Å²) < 4.78 is 5.43. The summed E-state index contributed by atoms with van der Waals surface area (Å²) in [6.45, 7) is -0.406. The number of nitrogens with zero attached hydrogens (tertiary/aromatic N) is 2. The molecule has 0 fully saturated rings. The van der Waals surface area contributed by atoms with Gasteiger partial charge in [0.2, 0.25) is 0 Å². The first-order valence-corrected chi connectivity index (χ1v) is 9.18. The Morgan fingerprint density at radius 3 is 2.39 bits per heavy atom. The van der Waals surface area contributed by atoms with Crippen LogP contribution in [0.25, 0.3) is 10.9 Å². The number of pyridine rings is 1. The summed E-state index contributed by atoms with van der Waals surface area (Å²) in [6, 6.07) is 14.0. The van der Waals surface area contributed by atoms with Crippen molar-refractivity contribution in [2.24, 2.45) is 0 Å². The minimum absolute atomic E-state index is 0.332. The fourth-order valence-corrected chi connectivity index (χ4v) is 4.00. The molecular formula is C22H16N2O4. The number of carbonyl (C=O) groups is 3. The quantitative estimate of drug-likeness (QED) is 0.521. The molecule has 2 aliphatic rings. The largest absolute Gasteiger partial charge is 0.440 e. The molecule has 0 radical (unpaired) electrons. The van der Waals surface area contributed by atoms with Crippen LogP contribution in [-0.4, -0.2) is 34.4 Å². The number of ether oxygens (including phenoxy) is 1. The standard InChI is InChI=1S/C22H16N2O4/c25-20-13-6-1-2-7-14(13)21(26)24(20)12-28-22(27)19-15-8-3-4-10-17(15)23-18-11-5-9-16(18)19/h1-4,6-8,10H,5,9,11-12H2. The molecule has 138 valence electrons. The van der Waals surface area contributed by atoms with Gasteiger partial charge in [-0.1, -0.05) is 30.3 Å². The van der Waals surface area contributed by atoms with E-state index in [9.17, 15) is 14.4 Å². The van der Waals surface area contributed by atoms with Gasteiger partial charge in [-0.2, -0.15) is 0 Å². The molecule has 0 atom stereocenters. The van der Waals surface area contributed by atoms with Crippen molar-refractivity contribution < 1.29 is 19.1 Å². The Morgan fingerprint density at radius 2 is 1.64 bits per heavy atom. The van der Waals surface area contributed by atoms with Crippen LogP contribution in [0.2, 0.25) is 0 Å². The number of amides is 2. The third kappa shape index (κ3) is 2.41. The van der Waals surface area contributed by atoms with E-state index in [1.807, 2.05) is 24.3 Å². The number of carbonyl (C=O) groups excluding carboxylic acids is 3. The van der Waals surface area contributed by atoms with Gasteiger partial charge < -0.3 is 4.74 Å². The predicted molar refractivity (Wildman–Crippen MR) is 101 cm³/mol. The minimum atomic E-state index is -0.534. The summed E-state index contributed by atoms with van der Waals surface area (Å²) in [5.41, 5.74) is 3.74. The highest BCUT2D eigenvalue weighted by Crippen LogP contribution is 2.31. The molecule has 6 nitrogen and oxygen atoms in total. The first-order valence-electron chi connectivity index (χ1n) is 9.18. The summed E-state index contributed by atoms with van der Waals surface area (Å²) in [5, 5.41) is 0.732. The molecule has 1 aromatic heterocycles. The van der Waals surface area contributed by atoms with E-state index in [0.717, 1.165) is 46.3 Å². The van der Waals surface area contributed by atoms with E-state index < -0.39 is 24.5 Å². The molecule has 0 unspecified atom stereocenters. The van der Waals surface area contributed by atoms with E-state index in [1.165, 1.54) is 0 Å². The van der Waals surface area contributed by atoms with Crippen molar-refractivity contribution in [2.75, 3.05) is 6.73 Å². The molecule has 0 N–H and O–H groups in total. The van der Waals surface area contributed by atoms with Gasteiger partial charge in [-0.05, 0) is 43.0 Å². The van der Waals surface area contributed by atoms with E-state index in [0.29, 0.717) is 16.7 Å². The van der Waals surface area contributed by atoms with Gasteiger partial charge in [0.25, 0.3) is 11.8 Å². The number of imide groups is 1. The normalized spacial score (nSPS) is 15.1. The van der Waals surface area contributed by atoms with Crippen molar-refractivity contribution in [3.63, 3.8) is 0 Å². The van der Waals surface area contributed by atoms with E-state index in [-0.39, 0.29) is 0 Å². The molecule has 0 spiro atoms. The molecule has 1 aliphatic heterocycles. The molecule has 2 aromatic carbocycles. The predicted octanol–water partition coefficient (Wildman–Crippen LogP) is 3.13. The van der Waals surface area contributed by atoms with Crippen molar-refractivity contribution in [3.8, 4) is 0 Å². The van der Waals surface area contributed by atoms with Crippen LogP contribution in [0.1, 0.15) is 48.8 Å². The van der Waals surface area contributed by atoms with Gasteiger partial charge in [0.1, 0.15) is 0 Å². The summed E-state index contributed by atoms with van der Waals surface area (Å²) in [4.78, 5) is 43.5. The number of esters is 1. The average Bonchev–Trinajstić information content (AvgIpc) is 3.27. The fourth-order valence-electron chi connectivity index (χ4n) is 4.00. The Bertz CT molecular complexity index is 1130. The molecule has 2 amide bonds. The third-order valence-electron chi connectivity index (χ3n) is 5.33. The molecule has 0 saturated carbocycles. The van der Waals surface area contributed by atoms with Gasteiger partial charge in [0.15, 0.2) is 6.73 Å².